The summed E-state index contributed by atoms with van der Waals surface area (Å²) in [5.41, 5.74) is 15.7. The van der Waals surface area contributed by atoms with Crippen LogP contribution in [-0.2, 0) is 19.0 Å². The summed E-state index contributed by atoms with van der Waals surface area (Å²) in [6, 6.07) is 8.73. The molecule has 1 unspecified atom stereocenters. The number of aromatic nitrogens is 1. The van der Waals surface area contributed by atoms with Crippen LogP contribution in [0.1, 0.15) is 23.1 Å². The lowest BCUT2D eigenvalue weighted by Gasteiger charge is -2.23. The fourth-order valence-corrected chi connectivity index (χ4v) is 3.43. The summed E-state index contributed by atoms with van der Waals surface area (Å²) in [4.78, 5) is 4.26. The van der Waals surface area contributed by atoms with Crippen LogP contribution in [0.15, 0.2) is 47.0 Å². The lowest BCUT2D eigenvalue weighted by molar-refractivity contribution is -0.137. The smallest absolute Gasteiger partial charge is 0.416 e. The van der Waals surface area contributed by atoms with Crippen molar-refractivity contribution in [2.75, 3.05) is 5.73 Å². The van der Waals surface area contributed by atoms with Crippen molar-refractivity contribution in [3.05, 3.63) is 59.3 Å². The van der Waals surface area contributed by atoms with Gasteiger partial charge in [-0.2, -0.15) is 13.2 Å². The topological polar surface area (TPSA) is 78.1 Å². The molecule has 1 aliphatic carbocycles. The van der Waals surface area contributed by atoms with Crippen molar-refractivity contribution in [1.29, 1.82) is 0 Å². The first-order chi connectivity index (χ1) is 12.8. The molecule has 4 rings (SSSR count). The standard InChI is InChI=1S/C20H18F3N3O/c21-20(22,23)13-5-1-12(2-6-13)17-10-26-19(27-17)15-8-4-11-3-7-14(24)9-16(11)18(15)25/h1-2,4-6,8,10,14H,3,7,9,24-25H2. The van der Waals surface area contributed by atoms with Gasteiger partial charge in [0.1, 0.15) is 0 Å². The van der Waals surface area contributed by atoms with E-state index in [9.17, 15) is 13.2 Å². The van der Waals surface area contributed by atoms with Gasteiger partial charge in [0, 0.05) is 17.3 Å². The Morgan fingerprint density at radius 1 is 1.07 bits per heavy atom. The number of aryl methyl sites for hydroxylation is 1. The van der Waals surface area contributed by atoms with Gasteiger partial charge in [0.25, 0.3) is 0 Å². The number of benzene rings is 2. The first kappa shape index (κ1) is 17.6. The minimum Gasteiger partial charge on any atom is -0.436 e. The van der Waals surface area contributed by atoms with Crippen molar-refractivity contribution >= 4 is 5.69 Å². The van der Waals surface area contributed by atoms with E-state index in [1.54, 1.807) is 0 Å². The van der Waals surface area contributed by atoms with Gasteiger partial charge in [0.2, 0.25) is 5.89 Å². The molecule has 2 aromatic carbocycles. The number of nitrogen functional groups attached to an aromatic ring is 1. The van der Waals surface area contributed by atoms with Crippen LogP contribution in [0.4, 0.5) is 18.9 Å². The Bertz CT molecular complexity index is 977. The summed E-state index contributed by atoms with van der Waals surface area (Å²) in [6.07, 6.45) is -0.347. The highest BCUT2D eigenvalue weighted by molar-refractivity contribution is 5.76. The number of oxazole rings is 1. The second-order valence-electron chi connectivity index (χ2n) is 6.77. The molecule has 1 aromatic heterocycles. The van der Waals surface area contributed by atoms with Gasteiger partial charge in [-0.05, 0) is 48.6 Å². The molecule has 27 heavy (non-hydrogen) atoms. The summed E-state index contributed by atoms with van der Waals surface area (Å²) in [5, 5.41) is 0. The molecule has 140 valence electrons. The maximum Gasteiger partial charge on any atom is 0.416 e. The third kappa shape index (κ3) is 3.30. The predicted molar refractivity (Wildman–Crippen MR) is 96.8 cm³/mol. The summed E-state index contributed by atoms with van der Waals surface area (Å²) >= 11 is 0. The molecule has 4 N–H and O–H groups in total. The second-order valence-corrected chi connectivity index (χ2v) is 6.77. The molecule has 7 heteroatoms. The van der Waals surface area contributed by atoms with E-state index in [4.69, 9.17) is 15.9 Å². The van der Waals surface area contributed by atoms with E-state index in [0.717, 1.165) is 30.5 Å². The van der Waals surface area contributed by atoms with Gasteiger partial charge < -0.3 is 15.9 Å². The zero-order chi connectivity index (χ0) is 19.2. The molecule has 0 radical (unpaired) electrons. The van der Waals surface area contributed by atoms with Crippen LogP contribution in [0.2, 0.25) is 0 Å². The van der Waals surface area contributed by atoms with Gasteiger partial charge in [0.05, 0.1) is 17.3 Å². The number of hydrogen-bond donors (Lipinski definition) is 2. The Morgan fingerprint density at radius 2 is 1.81 bits per heavy atom. The number of anilines is 1. The zero-order valence-corrected chi connectivity index (χ0v) is 14.4. The van der Waals surface area contributed by atoms with Gasteiger partial charge >= 0.3 is 6.18 Å². The third-order valence-electron chi connectivity index (χ3n) is 4.94. The van der Waals surface area contributed by atoms with E-state index < -0.39 is 11.7 Å². The summed E-state index contributed by atoms with van der Waals surface area (Å²) in [6.45, 7) is 0. The molecule has 1 atom stereocenters. The monoisotopic (exact) mass is 373 g/mol. The number of rotatable bonds is 2. The Morgan fingerprint density at radius 3 is 2.52 bits per heavy atom. The molecule has 0 amide bonds. The summed E-state index contributed by atoms with van der Waals surface area (Å²) in [5.74, 6) is 0.719. The van der Waals surface area contributed by atoms with Crippen molar-refractivity contribution in [3.63, 3.8) is 0 Å². The Labute approximate surface area is 154 Å². The largest absolute Gasteiger partial charge is 0.436 e. The molecule has 0 bridgehead atoms. The first-order valence-corrected chi connectivity index (χ1v) is 8.62. The average Bonchev–Trinajstić information content (AvgIpc) is 3.12. The first-order valence-electron chi connectivity index (χ1n) is 8.62. The Kier molecular flexibility index (Phi) is 4.19. The second kappa shape index (κ2) is 6.42. The molecule has 0 spiro atoms. The van der Waals surface area contributed by atoms with Crippen molar-refractivity contribution in [1.82, 2.24) is 4.98 Å². The minimum absolute atomic E-state index is 0.0855. The number of hydrogen-bond acceptors (Lipinski definition) is 4. The molecule has 1 aliphatic rings. The van der Waals surface area contributed by atoms with E-state index in [2.05, 4.69) is 4.98 Å². The van der Waals surface area contributed by atoms with Crippen LogP contribution in [0.3, 0.4) is 0 Å². The maximum atomic E-state index is 12.7. The van der Waals surface area contributed by atoms with Crippen LogP contribution >= 0.6 is 0 Å². The number of nitrogens with two attached hydrogens (primary N) is 2. The maximum absolute atomic E-state index is 12.7. The van der Waals surface area contributed by atoms with E-state index in [-0.39, 0.29) is 6.04 Å². The van der Waals surface area contributed by atoms with Crippen molar-refractivity contribution in [2.24, 2.45) is 5.73 Å². The molecule has 0 saturated heterocycles. The lowest BCUT2D eigenvalue weighted by atomic mass is 9.86. The number of fused-ring (bicyclic) bond motifs is 1. The van der Waals surface area contributed by atoms with Crippen LogP contribution < -0.4 is 11.5 Å². The fourth-order valence-electron chi connectivity index (χ4n) is 3.43. The van der Waals surface area contributed by atoms with Crippen LogP contribution in [-0.4, -0.2) is 11.0 Å². The van der Waals surface area contributed by atoms with E-state index in [1.165, 1.54) is 23.9 Å². The van der Waals surface area contributed by atoms with Gasteiger partial charge in [-0.3, -0.25) is 0 Å². The van der Waals surface area contributed by atoms with E-state index in [0.29, 0.717) is 34.9 Å². The van der Waals surface area contributed by atoms with Gasteiger partial charge in [-0.1, -0.05) is 18.2 Å². The van der Waals surface area contributed by atoms with Gasteiger partial charge in [-0.25, -0.2) is 4.98 Å². The van der Waals surface area contributed by atoms with Crippen molar-refractivity contribution in [3.8, 4) is 22.8 Å². The average molecular weight is 373 g/mol. The molecule has 3 aromatic rings. The van der Waals surface area contributed by atoms with Crippen LogP contribution in [0.25, 0.3) is 22.8 Å². The van der Waals surface area contributed by atoms with Gasteiger partial charge in [0.15, 0.2) is 5.76 Å². The normalized spacial score (nSPS) is 17.0. The molecule has 1 heterocycles. The third-order valence-corrected chi connectivity index (χ3v) is 4.94. The molecule has 4 nitrogen and oxygen atoms in total. The van der Waals surface area contributed by atoms with Crippen LogP contribution in [0.5, 0.6) is 0 Å². The predicted octanol–water partition coefficient (Wildman–Crippen LogP) is 4.43. The number of nitrogens with zero attached hydrogens (tertiary/aromatic N) is 1. The quantitative estimate of drug-likeness (QED) is 0.652. The Hall–Kier alpha value is -2.80. The fraction of sp³-hybridized carbons (Fsp3) is 0.250. The van der Waals surface area contributed by atoms with E-state index in [1.807, 2.05) is 12.1 Å². The molecule has 0 fully saturated rings. The lowest BCUT2D eigenvalue weighted by Crippen LogP contribution is -2.28. The highest BCUT2D eigenvalue weighted by Gasteiger charge is 2.30. The molecule has 0 saturated carbocycles. The van der Waals surface area contributed by atoms with E-state index >= 15 is 0 Å². The Balaban J connectivity index is 1.66. The van der Waals surface area contributed by atoms with Crippen LogP contribution in [0, 0.1) is 0 Å². The molecular weight excluding hydrogens is 355 g/mol. The minimum atomic E-state index is -4.37. The zero-order valence-electron chi connectivity index (χ0n) is 14.4. The van der Waals surface area contributed by atoms with Gasteiger partial charge in [-0.15, -0.1) is 0 Å². The number of alkyl halides is 3. The SMILES string of the molecule is Nc1c(-c2ncc(-c3ccc(C(F)(F)F)cc3)o2)ccc2c1CC(N)CC2. The molecular formula is C20H18F3N3O. The number of halogens is 3. The van der Waals surface area contributed by atoms with Crippen molar-refractivity contribution < 1.29 is 17.6 Å². The highest BCUT2D eigenvalue weighted by atomic mass is 19.4. The summed E-state index contributed by atoms with van der Waals surface area (Å²) in [7, 11) is 0. The summed E-state index contributed by atoms with van der Waals surface area (Å²) < 4.78 is 43.9. The highest BCUT2D eigenvalue weighted by Crippen LogP contribution is 2.36. The molecule has 0 aliphatic heterocycles. The van der Waals surface area contributed by atoms with Crippen molar-refractivity contribution in [2.45, 2.75) is 31.5 Å².